The molecule has 0 N–H and O–H groups in total. The summed E-state index contributed by atoms with van der Waals surface area (Å²) in [5.41, 5.74) is 0. The summed E-state index contributed by atoms with van der Waals surface area (Å²) >= 11 is 3.55. The fourth-order valence-electron chi connectivity index (χ4n) is 1.41. The van der Waals surface area contributed by atoms with Crippen LogP contribution in [-0.4, -0.2) is 33.4 Å². The number of thioether (sulfide) groups is 1. The number of hydrogen-bond donors (Lipinski definition) is 0. The van der Waals surface area contributed by atoms with Gasteiger partial charge in [0.25, 0.3) is 0 Å². The van der Waals surface area contributed by atoms with E-state index in [0.29, 0.717) is 0 Å². The van der Waals surface area contributed by atoms with E-state index in [1.54, 1.807) is 0 Å². The molecular weight excluding hydrogens is 202 g/mol. The van der Waals surface area contributed by atoms with Crippen LogP contribution in [0.15, 0.2) is 0 Å². The van der Waals surface area contributed by atoms with E-state index < -0.39 is 0 Å². The molecule has 1 aromatic rings. The molecule has 0 spiro atoms. The van der Waals surface area contributed by atoms with Crippen molar-refractivity contribution in [2.45, 2.75) is 19.1 Å². The lowest BCUT2D eigenvalue weighted by molar-refractivity contribution is 0.778. The first kappa shape index (κ1) is 9.27. The van der Waals surface area contributed by atoms with Crippen molar-refractivity contribution in [2.24, 2.45) is 0 Å². The van der Waals surface area contributed by atoms with Crippen molar-refractivity contribution < 1.29 is 0 Å². The average molecular weight is 215 g/mol. The van der Waals surface area contributed by atoms with Crippen LogP contribution in [-0.2, 0) is 0 Å². The lowest BCUT2D eigenvalue weighted by Gasteiger charge is -2.29. The summed E-state index contributed by atoms with van der Waals surface area (Å²) in [6, 6.07) is 0. The van der Waals surface area contributed by atoms with Gasteiger partial charge in [0.15, 0.2) is 0 Å². The molecule has 2 heterocycles. The molecule has 1 fully saturated rings. The van der Waals surface area contributed by atoms with Crippen LogP contribution in [0.2, 0.25) is 0 Å². The first-order chi connectivity index (χ1) is 6.25. The fraction of sp³-hybridized carbons (Fsp3) is 0.750. The Kier molecular flexibility index (Phi) is 2.74. The molecule has 0 saturated carbocycles. The zero-order chi connectivity index (χ0) is 9.26. The molecule has 1 atom stereocenters. The SMILES string of the molecule is Cc1nsc(N2CCSC(C)C2)n1. The van der Waals surface area contributed by atoms with Gasteiger partial charge in [0, 0.05) is 35.6 Å². The van der Waals surface area contributed by atoms with Gasteiger partial charge in [0.1, 0.15) is 5.82 Å². The Morgan fingerprint density at radius 1 is 1.54 bits per heavy atom. The zero-order valence-corrected chi connectivity index (χ0v) is 9.49. The largest absolute Gasteiger partial charge is 0.345 e. The smallest absolute Gasteiger partial charge is 0.205 e. The second kappa shape index (κ2) is 3.84. The molecular formula is C8H13N3S2. The maximum Gasteiger partial charge on any atom is 0.205 e. The van der Waals surface area contributed by atoms with Gasteiger partial charge in [-0.05, 0) is 6.92 Å². The molecule has 5 heteroatoms. The highest BCUT2D eigenvalue weighted by Gasteiger charge is 2.19. The van der Waals surface area contributed by atoms with E-state index in [0.717, 1.165) is 29.3 Å². The molecule has 0 aromatic carbocycles. The van der Waals surface area contributed by atoms with Gasteiger partial charge in [0.2, 0.25) is 5.13 Å². The van der Waals surface area contributed by atoms with Crippen molar-refractivity contribution in [2.75, 3.05) is 23.7 Å². The summed E-state index contributed by atoms with van der Waals surface area (Å²) in [5.74, 6) is 2.10. The Morgan fingerprint density at radius 3 is 3.00 bits per heavy atom. The molecule has 0 aliphatic carbocycles. The first-order valence-corrected chi connectivity index (χ1v) is 6.25. The molecule has 1 unspecified atom stereocenters. The molecule has 1 aliphatic rings. The van der Waals surface area contributed by atoms with E-state index in [9.17, 15) is 0 Å². The topological polar surface area (TPSA) is 29.0 Å². The number of aryl methyl sites for hydroxylation is 1. The number of nitrogens with zero attached hydrogens (tertiary/aromatic N) is 3. The highest BCUT2D eigenvalue weighted by molar-refractivity contribution is 8.00. The minimum absolute atomic E-state index is 0.720. The first-order valence-electron chi connectivity index (χ1n) is 4.42. The van der Waals surface area contributed by atoms with Crippen LogP contribution < -0.4 is 4.90 Å². The Bertz CT molecular complexity index is 287. The molecule has 1 aromatic heterocycles. The summed E-state index contributed by atoms with van der Waals surface area (Å²) in [4.78, 5) is 6.73. The van der Waals surface area contributed by atoms with Crippen LogP contribution in [0.1, 0.15) is 12.7 Å². The van der Waals surface area contributed by atoms with Crippen molar-refractivity contribution in [3.05, 3.63) is 5.82 Å². The van der Waals surface area contributed by atoms with E-state index >= 15 is 0 Å². The molecule has 0 amide bonds. The summed E-state index contributed by atoms with van der Waals surface area (Å²) in [6.07, 6.45) is 0. The van der Waals surface area contributed by atoms with Crippen LogP contribution in [0.5, 0.6) is 0 Å². The van der Waals surface area contributed by atoms with Crippen molar-refractivity contribution in [1.82, 2.24) is 9.36 Å². The quantitative estimate of drug-likeness (QED) is 0.714. The van der Waals surface area contributed by atoms with Gasteiger partial charge in [0.05, 0.1) is 0 Å². The van der Waals surface area contributed by atoms with Gasteiger partial charge >= 0.3 is 0 Å². The van der Waals surface area contributed by atoms with E-state index in [2.05, 4.69) is 21.2 Å². The summed E-state index contributed by atoms with van der Waals surface area (Å²) < 4.78 is 4.20. The fourth-order valence-corrected chi connectivity index (χ4v) is 3.13. The van der Waals surface area contributed by atoms with Gasteiger partial charge in [-0.1, -0.05) is 6.92 Å². The van der Waals surface area contributed by atoms with Crippen LogP contribution >= 0.6 is 23.3 Å². The van der Waals surface area contributed by atoms with Crippen LogP contribution in [0.25, 0.3) is 0 Å². The molecule has 2 rings (SSSR count). The minimum atomic E-state index is 0.720. The maximum absolute atomic E-state index is 4.39. The third-order valence-electron chi connectivity index (χ3n) is 2.03. The van der Waals surface area contributed by atoms with Crippen LogP contribution in [0.3, 0.4) is 0 Å². The van der Waals surface area contributed by atoms with Gasteiger partial charge in [-0.15, -0.1) is 0 Å². The number of anilines is 1. The second-order valence-corrected chi connectivity index (χ2v) is 5.53. The molecule has 3 nitrogen and oxygen atoms in total. The monoisotopic (exact) mass is 215 g/mol. The second-order valence-electron chi connectivity index (χ2n) is 3.25. The van der Waals surface area contributed by atoms with Crippen molar-refractivity contribution in [1.29, 1.82) is 0 Å². The van der Waals surface area contributed by atoms with E-state index in [4.69, 9.17) is 0 Å². The Balaban J connectivity index is 2.08. The maximum atomic E-state index is 4.39. The highest BCUT2D eigenvalue weighted by atomic mass is 32.2. The molecule has 1 saturated heterocycles. The predicted octanol–water partition coefficient (Wildman–Crippen LogP) is 1.79. The third kappa shape index (κ3) is 2.14. The highest BCUT2D eigenvalue weighted by Crippen LogP contribution is 2.24. The predicted molar refractivity (Wildman–Crippen MR) is 58.8 cm³/mol. The number of rotatable bonds is 1. The van der Waals surface area contributed by atoms with E-state index in [1.807, 2.05) is 18.7 Å². The molecule has 72 valence electrons. The summed E-state index contributed by atoms with van der Waals surface area (Å²) in [7, 11) is 0. The van der Waals surface area contributed by atoms with Crippen molar-refractivity contribution in [3.63, 3.8) is 0 Å². The average Bonchev–Trinajstić information content (AvgIpc) is 2.52. The number of hydrogen-bond acceptors (Lipinski definition) is 5. The van der Waals surface area contributed by atoms with E-state index in [-0.39, 0.29) is 0 Å². The van der Waals surface area contributed by atoms with Gasteiger partial charge in [-0.3, -0.25) is 0 Å². The van der Waals surface area contributed by atoms with Crippen LogP contribution in [0.4, 0.5) is 5.13 Å². The summed E-state index contributed by atoms with van der Waals surface area (Å²) in [5, 5.41) is 1.81. The molecule has 0 bridgehead atoms. The Labute approximate surface area is 86.7 Å². The summed E-state index contributed by atoms with van der Waals surface area (Å²) in [6.45, 7) is 6.44. The van der Waals surface area contributed by atoms with Gasteiger partial charge < -0.3 is 4.90 Å². The van der Waals surface area contributed by atoms with Gasteiger partial charge in [-0.2, -0.15) is 16.1 Å². The Morgan fingerprint density at radius 2 is 2.38 bits per heavy atom. The normalized spacial score (nSPS) is 23.5. The van der Waals surface area contributed by atoms with Crippen LogP contribution in [0, 0.1) is 6.92 Å². The van der Waals surface area contributed by atoms with Crippen molar-refractivity contribution in [3.8, 4) is 0 Å². The van der Waals surface area contributed by atoms with E-state index in [1.165, 1.54) is 17.3 Å². The lowest BCUT2D eigenvalue weighted by Crippen LogP contribution is -2.36. The standard InChI is InChI=1S/C8H13N3S2/c1-6-5-11(3-4-12-6)8-9-7(2)10-13-8/h6H,3-5H2,1-2H3. The molecule has 0 radical (unpaired) electrons. The van der Waals surface area contributed by atoms with Gasteiger partial charge in [-0.25, -0.2) is 4.98 Å². The minimum Gasteiger partial charge on any atom is -0.345 e. The lowest BCUT2D eigenvalue weighted by atomic mass is 10.4. The Hall–Kier alpha value is -0.290. The third-order valence-corrected chi connectivity index (χ3v) is 4.03. The zero-order valence-electron chi connectivity index (χ0n) is 7.86. The van der Waals surface area contributed by atoms with Crippen molar-refractivity contribution >= 4 is 28.4 Å². The molecule has 13 heavy (non-hydrogen) atoms. The number of aromatic nitrogens is 2. The molecule has 1 aliphatic heterocycles.